The predicted molar refractivity (Wildman–Crippen MR) is 99.0 cm³/mol. The minimum Gasteiger partial charge on any atom is -0.451 e. The van der Waals surface area contributed by atoms with Crippen LogP contribution >= 0.6 is 11.3 Å². The maximum absolute atomic E-state index is 13.8. The SMILES string of the molecule is O=C(Nc1ncc(C2CCNCC2)s1)c1ccc(-c2ccccc2F)o1. The summed E-state index contributed by atoms with van der Waals surface area (Å²) in [5.74, 6) is 0.166. The molecule has 0 bridgehead atoms. The summed E-state index contributed by atoms with van der Waals surface area (Å²) >= 11 is 1.50. The number of piperidine rings is 1. The van der Waals surface area contributed by atoms with Crippen molar-refractivity contribution in [2.24, 2.45) is 0 Å². The van der Waals surface area contributed by atoms with E-state index < -0.39 is 0 Å². The molecule has 7 heteroatoms. The third-order valence-corrected chi connectivity index (χ3v) is 5.53. The van der Waals surface area contributed by atoms with Gasteiger partial charge in [0.15, 0.2) is 10.9 Å². The molecule has 4 rings (SSSR count). The van der Waals surface area contributed by atoms with Crippen molar-refractivity contribution < 1.29 is 13.6 Å². The Morgan fingerprint density at radius 3 is 2.85 bits per heavy atom. The molecular weight excluding hydrogens is 353 g/mol. The average molecular weight is 371 g/mol. The second-order valence-electron chi connectivity index (χ2n) is 6.19. The molecule has 1 aliphatic heterocycles. The van der Waals surface area contributed by atoms with Crippen LogP contribution in [0.2, 0.25) is 0 Å². The van der Waals surface area contributed by atoms with Gasteiger partial charge in [0.1, 0.15) is 11.6 Å². The van der Waals surface area contributed by atoms with Crippen LogP contribution in [0.3, 0.4) is 0 Å². The Hall–Kier alpha value is -2.51. The molecule has 134 valence electrons. The van der Waals surface area contributed by atoms with Gasteiger partial charge in [-0.2, -0.15) is 0 Å². The van der Waals surface area contributed by atoms with Crippen LogP contribution in [0.5, 0.6) is 0 Å². The maximum Gasteiger partial charge on any atom is 0.293 e. The highest BCUT2D eigenvalue weighted by molar-refractivity contribution is 7.15. The van der Waals surface area contributed by atoms with E-state index in [1.54, 1.807) is 30.3 Å². The zero-order chi connectivity index (χ0) is 17.9. The Bertz CT molecular complexity index is 915. The Morgan fingerprint density at radius 1 is 1.23 bits per heavy atom. The lowest BCUT2D eigenvalue weighted by atomic mass is 9.97. The Morgan fingerprint density at radius 2 is 2.04 bits per heavy atom. The molecule has 1 amide bonds. The van der Waals surface area contributed by atoms with Gasteiger partial charge in [-0.1, -0.05) is 12.1 Å². The summed E-state index contributed by atoms with van der Waals surface area (Å²) in [6.45, 7) is 2.02. The van der Waals surface area contributed by atoms with Gasteiger partial charge in [-0.3, -0.25) is 10.1 Å². The van der Waals surface area contributed by atoms with E-state index in [4.69, 9.17) is 4.42 Å². The van der Waals surface area contributed by atoms with Crippen LogP contribution in [-0.4, -0.2) is 24.0 Å². The number of carbonyl (C=O) groups is 1. The molecule has 0 saturated carbocycles. The summed E-state index contributed by atoms with van der Waals surface area (Å²) in [6.07, 6.45) is 4.00. The summed E-state index contributed by atoms with van der Waals surface area (Å²) in [5, 5.41) is 6.65. The molecule has 3 heterocycles. The van der Waals surface area contributed by atoms with Crippen molar-refractivity contribution in [3.63, 3.8) is 0 Å². The largest absolute Gasteiger partial charge is 0.451 e. The smallest absolute Gasteiger partial charge is 0.293 e. The lowest BCUT2D eigenvalue weighted by Crippen LogP contribution is -2.26. The number of thiazole rings is 1. The molecule has 0 unspecified atom stereocenters. The van der Waals surface area contributed by atoms with Crippen LogP contribution < -0.4 is 10.6 Å². The highest BCUT2D eigenvalue weighted by Gasteiger charge is 2.20. The first-order valence-electron chi connectivity index (χ1n) is 8.53. The van der Waals surface area contributed by atoms with Gasteiger partial charge in [-0.15, -0.1) is 11.3 Å². The number of anilines is 1. The standard InChI is InChI=1S/C19H18FN3O2S/c20-14-4-2-1-3-13(14)15-5-6-16(25-15)18(24)23-19-22-11-17(26-19)12-7-9-21-10-8-12/h1-6,11-12,21H,7-10H2,(H,22,23,24). The molecule has 1 saturated heterocycles. The molecule has 0 atom stereocenters. The number of halogens is 1. The maximum atomic E-state index is 13.8. The van der Waals surface area contributed by atoms with Crippen molar-refractivity contribution in [3.8, 4) is 11.3 Å². The quantitative estimate of drug-likeness (QED) is 0.719. The summed E-state index contributed by atoms with van der Waals surface area (Å²) in [6, 6.07) is 9.43. The average Bonchev–Trinajstić information content (AvgIpc) is 3.33. The van der Waals surface area contributed by atoms with E-state index >= 15 is 0 Å². The fourth-order valence-electron chi connectivity index (χ4n) is 3.06. The lowest BCUT2D eigenvalue weighted by Gasteiger charge is -2.20. The summed E-state index contributed by atoms with van der Waals surface area (Å²) < 4.78 is 19.4. The Balaban J connectivity index is 1.46. The number of hydrogen-bond acceptors (Lipinski definition) is 5. The second-order valence-corrected chi connectivity index (χ2v) is 7.25. The van der Waals surface area contributed by atoms with E-state index in [-0.39, 0.29) is 17.5 Å². The van der Waals surface area contributed by atoms with Crippen LogP contribution in [0.25, 0.3) is 11.3 Å². The van der Waals surface area contributed by atoms with Gasteiger partial charge in [0, 0.05) is 11.1 Å². The lowest BCUT2D eigenvalue weighted by molar-refractivity contribution is 0.0997. The first-order chi connectivity index (χ1) is 12.7. The van der Waals surface area contributed by atoms with Gasteiger partial charge in [0.25, 0.3) is 5.91 Å². The molecule has 1 fully saturated rings. The van der Waals surface area contributed by atoms with Crippen LogP contribution in [0.15, 0.2) is 47.0 Å². The Kier molecular flexibility index (Phi) is 4.81. The minimum absolute atomic E-state index is 0.127. The van der Waals surface area contributed by atoms with Crippen molar-refractivity contribution in [1.29, 1.82) is 0 Å². The monoisotopic (exact) mass is 371 g/mol. The van der Waals surface area contributed by atoms with E-state index in [0.717, 1.165) is 25.9 Å². The molecule has 5 nitrogen and oxygen atoms in total. The van der Waals surface area contributed by atoms with Gasteiger partial charge >= 0.3 is 0 Å². The molecular formula is C19H18FN3O2S. The van der Waals surface area contributed by atoms with Gasteiger partial charge in [0.05, 0.1) is 5.56 Å². The van der Waals surface area contributed by atoms with Gasteiger partial charge < -0.3 is 9.73 Å². The van der Waals surface area contributed by atoms with Crippen molar-refractivity contribution in [1.82, 2.24) is 10.3 Å². The fourth-order valence-corrected chi connectivity index (χ4v) is 4.04. The van der Waals surface area contributed by atoms with Crippen molar-refractivity contribution in [3.05, 3.63) is 59.0 Å². The van der Waals surface area contributed by atoms with Crippen molar-refractivity contribution >= 4 is 22.4 Å². The molecule has 0 aliphatic carbocycles. The normalized spacial score (nSPS) is 15.1. The van der Waals surface area contributed by atoms with Gasteiger partial charge in [-0.05, 0) is 56.1 Å². The van der Waals surface area contributed by atoms with Crippen LogP contribution in [0.4, 0.5) is 9.52 Å². The Labute approximate surface area is 154 Å². The molecule has 2 aromatic heterocycles. The first kappa shape index (κ1) is 16.9. The molecule has 0 radical (unpaired) electrons. The van der Waals surface area contributed by atoms with Gasteiger partial charge in [-0.25, -0.2) is 9.37 Å². The minimum atomic E-state index is -0.390. The molecule has 26 heavy (non-hydrogen) atoms. The summed E-state index contributed by atoms with van der Waals surface area (Å²) in [5.41, 5.74) is 0.328. The summed E-state index contributed by atoms with van der Waals surface area (Å²) in [4.78, 5) is 17.9. The molecule has 1 aliphatic rings. The number of carbonyl (C=O) groups excluding carboxylic acids is 1. The summed E-state index contributed by atoms with van der Waals surface area (Å²) in [7, 11) is 0. The zero-order valence-electron chi connectivity index (χ0n) is 14.0. The highest BCUT2D eigenvalue weighted by Crippen LogP contribution is 2.32. The topological polar surface area (TPSA) is 67.2 Å². The second kappa shape index (κ2) is 7.39. The first-order valence-corrected chi connectivity index (χ1v) is 9.35. The molecule has 1 aromatic carbocycles. The third kappa shape index (κ3) is 3.54. The number of rotatable bonds is 4. The highest BCUT2D eigenvalue weighted by atomic mass is 32.1. The third-order valence-electron chi connectivity index (χ3n) is 4.45. The molecule has 0 spiro atoms. The molecule has 2 N–H and O–H groups in total. The number of hydrogen-bond donors (Lipinski definition) is 2. The van der Waals surface area contributed by atoms with E-state index in [2.05, 4.69) is 15.6 Å². The zero-order valence-corrected chi connectivity index (χ0v) is 14.8. The van der Waals surface area contributed by atoms with E-state index in [0.29, 0.717) is 22.4 Å². The number of amides is 1. The van der Waals surface area contributed by atoms with E-state index in [1.807, 2.05) is 6.20 Å². The van der Waals surface area contributed by atoms with Gasteiger partial charge in [0.2, 0.25) is 0 Å². The number of nitrogens with zero attached hydrogens (tertiary/aromatic N) is 1. The number of benzene rings is 1. The van der Waals surface area contributed by atoms with Crippen molar-refractivity contribution in [2.75, 3.05) is 18.4 Å². The fraction of sp³-hybridized carbons (Fsp3) is 0.263. The van der Waals surface area contributed by atoms with Crippen LogP contribution in [0, 0.1) is 5.82 Å². The number of nitrogens with one attached hydrogen (secondary N) is 2. The predicted octanol–water partition coefficient (Wildman–Crippen LogP) is 4.26. The number of aromatic nitrogens is 1. The molecule has 3 aromatic rings. The van der Waals surface area contributed by atoms with Crippen molar-refractivity contribution in [2.45, 2.75) is 18.8 Å². The van der Waals surface area contributed by atoms with Crippen LogP contribution in [-0.2, 0) is 0 Å². The van der Waals surface area contributed by atoms with Crippen LogP contribution in [0.1, 0.15) is 34.2 Å². The number of furan rings is 1. The van der Waals surface area contributed by atoms with E-state index in [1.165, 1.54) is 22.3 Å². The van der Waals surface area contributed by atoms with E-state index in [9.17, 15) is 9.18 Å².